The van der Waals surface area contributed by atoms with Gasteiger partial charge in [0.2, 0.25) is 0 Å². The largest absolute Gasteiger partial charge is 0.341 e. The van der Waals surface area contributed by atoms with Crippen LogP contribution in [0.5, 0.6) is 0 Å². The van der Waals surface area contributed by atoms with Gasteiger partial charge in [0.05, 0.1) is 39.1 Å². The molecule has 0 amide bonds. The van der Waals surface area contributed by atoms with Crippen molar-refractivity contribution in [3.05, 3.63) is 146 Å². The molecule has 0 aliphatic carbocycles. The fraction of sp³-hybridized carbons (Fsp3) is 0.0256. The number of aromatic nitrogens is 4. The van der Waals surface area contributed by atoms with Gasteiger partial charge >= 0.3 is 0 Å². The van der Waals surface area contributed by atoms with Crippen molar-refractivity contribution in [3.8, 4) is 45.3 Å². The first-order chi connectivity index (χ1) is 21.8. The predicted molar refractivity (Wildman–Crippen MR) is 180 cm³/mol. The maximum absolute atomic E-state index is 5.11. The lowest BCUT2D eigenvalue weighted by Crippen LogP contribution is -2.19. The van der Waals surface area contributed by atoms with Crippen LogP contribution in [0.2, 0.25) is 0 Å². The lowest BCUT2D eigenvalue weighted by molar-refractivity contribution is 1.05. The van der Waals surface area contributed by atoms with Crippen LogP contribution in [-0.2, 0) is 0 Å². The molecule has 0 atom stereocenters. The van der Waals surface area contributed by atoms with Crippen LogP contribution >= 0.6 is 0 Å². The summed E-state index contributed by atoms with van der Waals surface area (Å²) in [5.41, 5.74) is 13.2. The van der Waals surface area contributed by atoms with Gasteiger partial charge in [0, 0.05) is 29.4 Å². The van der Waals surface area contributed by atoms with E-state index >= 15 is 0 Å². The Hall–Kier alpha value is -5.94. The van der Waals surface area contributed by atoms with Gasteiger partial charge in [-0.05, 0) is 48.0 Å². The van der Waals surface area contributed by atoms with E-state index in [2.05, 4.69) is 148 Å². The fourth-order valence-corrected chi connectivity index (χ4v) is 6.67. The van der Waals surface area contributed by atoms with E-state index in [0.717, 1.165) is 73.2 Å². The van der Waals surface area contributed by atoms with Gasteiger partial charge in [-0.15, -0.1) is 0 Å². The Morgan fingerprint density at radius 2 is 1.05 bits per heavy atom. The summed E-state index contributed by atoms with van der Waals surface area (Å²) in [5.74, 6) is 1.88. The van der Waals surface area contributed by atoms with E-state index < -0.39 is 0 Å². The van der Waals surface area contributed by atoms with Crippen LogP contribution in [0.1, 0.15) is 0 Å². The third kappa shape index (κ3) is 3.59. The van der Waals surface area contributed by atoms with E-state index in [0.29, 0.717) is 0 Å². The number of anilines is 2. The quantitative estimate of drug-likeness (QED) is 0.213. The first-order valence-corrected chi connectivity index (χ1v) is 14.8. The predicted octanol–water partition coefficient (Wildman–Crippen LogP) is 9.45. The number of nitrogens with zero attached hydrogens (tertiary/aromatic N) is 5. The average Bonchev–Trinajstić information content (AvgIpc) is 3.68. The summed E-state index contributed by atoms with van der Waals surface area (Å²) in [6, 6.07) is 51.0. The van der Waals surface area contributed by atoms with E-state index in [1.165, 1.54) is 5.56 Å². The van der Waals surface area contributed by atoms with Crippen LogP contribution in [0.3, 0.4) is 0 Å². The standard InChI is InChI=1S/C39H27N5/c1-42-34-20-11-18-32-37(34)44(39(41-32)27-12-4-2-5-13-27)35-21-10-16-30(36(35)42)26-22-24-28(25-23-26)38-40-31-17-8-9-19-33(31)43(38)29-14-6-3-7-15-29/h2-25H,1H3. The summed E-state index contributed by atoms with van der Waals surface area (Å²) >= 11 is 0. The smallest absolute Gasteiger partial charge is 0.145 e. The van der Waals surface area contributed by atoms with E-state index in [-0.39, 0.29) is 0 Å². The third-order valence-corrected chi connectivity index (χ3v) is 8.67. The molecular weight excluding hydrogens is 538 g/mol. The van der Waals surface area contributed by atoms with Crippen molar-refractivity contribution in [3.63, 3.8) is 0 Å². The second-order valence-electron chi connectivity index (χ2n) is 11.2. The molecule has 1 aliphatic rings. The van der Waals surface area contributed by atoms with Crippen LogP contribution < -0.4 is 4.90 Å². The van der Waals surface area contributed by atoms with Crippen LogP contribution in [0.15, 0.2) is 146 Å². The molecule has 8 aromatic rings. The molecule has 1 aliphatic heterocycles. The second-order valence-corrected chi connectivity index (χ2v) is 11.2. The minimum atomic E-state index is 0.929. The van der Waals surface area contributed by atoms with Gasteiger partial charge in [-0.1, -0.05) is 103 Å². The molecule has 0 unspecified atom stereocenters. The highest BCUT2D eigenvalue weighted by Gasteiger charge is 2.28. The topological polar surface area (TPSA) is 38.9 Å². The van der Waals surface area contributed by atoms with Crippen molar-refractivity contribution < 1.29 is 0 Å². The van der Waals surface area contributed by atoms with Crippen LogP contribution in [0.4, 0.5) is 11.4 Å². The molecule has 0 radical (unpaired) electrons. The number of hydrogen-bond donors (Lipinski definition) is 0. The number of fused-ring (bicyclic) bond motifs is 3. The van der Waals surface area contributed by atoms with Gasteiger partial charge in [-0.3, -0.25) is 9.13 Å². The molecule has 0 N–H and O–H groups in total. The Balaban J connectivity index is 1.20. The Morgan fingerprint density at radius 3 is 1.86 bits per heavy atom. The zero-order valence-electron chi connectivity index (χ0n) is 24.1. The molecule has 5 nitrogen and oxygen atoms in total. The molecule has 0 saturated heterocycles. The number of benzene rings is 6. The summed E-state index contributed by atoms with van der Waals surface area (Å²) in [6.07, 6.45) is 0. The van der Waals surface area contributed by atoms with Crippen LogP contribution in [0, 0.1) is 0 Å². The normalized spacial score (nSPS) is 12.2. The van der Waals surface area contributed by atoms with Gasteiger partial charge in [0.25, 0.3) is 0 Å². The van der Waals surface area contributed by atoms with Crippen molar-refractivity contribution in [2.24, 2.45) is 0 Å². The molecule has 0 spiro atoms. The summed E-state index contributed by atoms with van der Waals surface area (Å²) in [7, 11) is 2.16. The Morgan fingerprint density at radius 1 is 0.455 bits per heavy atom. The number of hydrogen-bond acceptors (Lipinski definition) is 3. The van der Waals surface area contributed by atoms with Gasteiger partial charge in [-0.25, -0.2) is 9.97 Å². The van der Waals surface area contributed by atoms with Gasteiger partial charge in [0.15, 0.2) is 0 Å². The number of rotatable bonds is 4. The molecule has 9 rings (SSSR count). The van der Waals surface area contributed by atoms with Gasteiger partial charge in [0.1, 0.15) is 11.6 Å². The second kappa shape index (κ2) is 9.54. The summed E-state index contributed by atoms with van der Waals surface area (Å²) in [5, 5.41) is 0. The number of imidazole rings is 2. The Bertz CT molecular complexity index is 2330. The average molecular weight is 566 g/mol. The SMILES string of the molecule is CN1c2c(-c3ccc(-c4nc5ccccc5n4-c4ccccc4)cc3)cccc2-n2c(-c3ccccc3)nc3cccc1c32. The lowest BCUT2D eigenvalue weighted by atomic mass is 9.98. The van der Waals surface area contributed by atoms with Crippen LogP contribution in [-0.4, -0.2) is 26.1 Å². The molecule has 44 heavy (non-hydrogen) atoms. The van der Waals surface area contributed by atoms with Crippen LogP contribution in [0.25, 0.3) is 67.3 Å². The molecule has 5 heteroatoms. The summed E-state index contributed by atoms with van der Waals surface area (Å²) < 4.78 is 4.57. The maximum atomic E-state index is 5.11. The molecule has 0 fully saturated rings. The van der Waals surface area contributed by atoms with Gasteiger partial charge in [-0.2, -0.15) is 0 Å². The van der Waals surface area contributed by atoms with E-state index in [1.807, 2.05) is 18.2 Å². The Labute approximate surface area is 254 Å². The zero-order chi connectivity index (χ0) is 29.2. The molecule has 3 heterocycles. The molecular formula is C39H27N5. The monoisotopic (exact) mass is 565 g/mol. The van der Waals surface area contributed by atoms with E-state index in [1.54, 1.807) is 0 Å². The highest BCUT2D eigenvalue weighted by molar-refractivity contribution is 6.03. The lowest BCUT2D eigenvalue weighted by Gasteiger charge is -2.32. The minimum Gasteiger partial charge on any atom is -0.341 e. The van der Waals surface area contributed by atoms with Crippen molar-refractivity contribution in [2.45, 2.75) is 0 Å². The summed E-state index contributed by atoms with van der Waals surface area (Å²) in [4.78, 5) is 12.5. The van der Waals surface area contributed by atoms with Gasteiger partial charge < -0.3 is 4.90 Å². The summed E-state index contributed by atoms with van der Waals surface area (Å²) in [6.45, 7) is 0. The fourth-order valence-electron chi connectivity index (χ4n) is 6.67. The van der Waals surface area contributed by atoms with Crippen molar-refractivity contribution in [1.82, 2.24) is 19.1 Å². The minimum absolute atomic E-state index is 0.929. The molecule has 0 bridgehead atoms. The highest BCUT2D eigenvalue weighted by Crippen LogP contribution is 2.48. The van der Waals surface area contributed by atoms with E-state index in [9.17, 15) is 0 Å². The third-order valence-electron chi connectivity index (χ3n) is 8.67. The van der Waals surface area contributed by atoms with Crippen molar-refractivity contribution in [1.29, 1.82) is 0 Å². The molecule has 6 aromatic carbocycles. The molecule has 208 valence electrons. The zero-order valence-corrected chi connectivity index (χ0v) is 24.1. The van der Waals surface area contributed by atoms with Crippen molar-refractivity contribution >= 4 is 33.4 Å². The first kappa shape index (κ1) is 24.6. The molecule has 2 aromatic heterocycles. The highest BCUT2D eigenvalue weighted by atomic mass is 15.2. The Kier molecular flexibility index (Phi) is 5.34. The number of para-hydroxylation sites is 5. The maximum Gasteiger partial charge on any atom is 0.145 e. The van der Waals surface area contributed by atoms with Crippen molar-refractivity contribution in [2.75, 3.05) is 11.9 Å². The van der Waals surface area contributed by atoms with E-state index in [4.69, 9.17) is 9.97 Å². The first-order valence-electron chi connectivity index (χ1n) is 14.8. The molecule has 0 saturated carbocycles.